The van der Waals surface area contributed by atoms with E-state index in [1.807, 2.05) is 31.2 Å². The first-order valence-electron chi connectivity index (χ1n) is 11.7. The molecule has 0 bridgehead atoms. The third-order valence-electron chi connectivity index (χ3n) is 6.44. The third-order valence-corrected chi connectivity index (χ3v) is 6.44. The fraction of sp³-hybridized carbons (Fsp3) is 0.286. The van der Waals surface area contributed by atoms with Crippen LogP contribution in [0.1, 0.15) is 29.5 Å². The van der Waals surface area contributed by atoms with Crippen LogP contribution in [0, 0.1) is 12.7 Å². The van der Waals surface area contributed by atoms with Gasteiger partial charge in [0.15, 0.2) is 0 Å². The van der Waals surface area contributed by atoms with Gasteiger partial charge in [-0.3, -0.25) is 24.3 Å². The van der Waals surface area contributed by atoms with E-state index in [2.05, 4.69) is 4.98 Å². The van der Waals surface area contributed by atoms with E-state index in [0.717, 1.165) is 10.5 Å². The van der Waals surface area contributed by atoms with Crippen LogP contribution in [-0.4, -0.2) is 52.7 Å². The molecule has 2 aromatic carbocycles. The van der Waals surface area contributed by atoms with E-state index in [9.17, 15) is 18.8 Å². The number of nitrogens with zero attached hydrogens (tertiary/aromatic N) is 3. The third kappa shape index (κ3) is 5.43. The van der Waals surface area contributed by atoms with Crippen molar-refractivity contribution in [3.05, 3.63) is 95.6 Å². The van der Waals surface area contributed by atoms with Crippen molar-refractivity contribution >= 4 is 17.7 Å². The standard InChI is InChI=1S/C28H28FN3O4/c1-20-8-10-24(11-9-20)36-14-13-31(2)25(33)16-28(22-6-3-7-23(29)15-22)17-26(34)32(27(28)35)19-21-5-4-12-30-18-21/h3-12,15,18H,13-14,16-17,19H2,1-2H3/t28-/m1/s1. The molecule has 2 heterocycles. The van der Waals surface area contributed by atoms with Crippen molar-refractivity contribution < 1.29 is 23.5 Å². The van der Waals surface area contributed by atoms with Crippen molar-refractivity contribution in [2.75, 3.05) is 20.2 Å². The SMILES string of the molecule is Cc1ccc(OCCN(C)C(=O)C[C@]2(c3cccc(F)c3)CC(=O)N(Cc3cccnc3)C2=O)cc1. The largest absolute Gasteiger partial charge is 0.492 e. The summed E-state index contributed by atoms with van der Waals surface area (Å²) >= 11 is 0. The van der Waals surface area contributed by atoms with Gasteiger partial charge in [-0.1, -0.05) is 35.9 Å². The summed E-state index contributed by atoms with van der Waals surface area (Å²) in [5.74, 6) is -1.10. The van der Waals surface area contributed by atoms with Crippen LogP contribution >= 0.6 is 0 Å². The molecule has 0 N–H and O–H groups in total. The number of aromatic nitrogens is 1. The summed E-state index contributed by atoms with van der Waals surface area (Å²) in [6, 6.07) is 16.6. The molecule has 0 unspecified atom stereocenters. The Labute approximate surface area is 209 Å². The molecule has 3 amide bonds. The van der Waals surface area contributed by atoms with Gasteiger partial charge in [0.2, 0.25) is 17.7 Å². The number of pyridine rings is 1. The van der Waals surface area contributed by atoms with Gasteiger partial charge < -0.3 is 9.64 Å². The Hall–Kier alpha value is -4.07. The monoisotopic (exact) mass is 489 g/mol. The molecule has 0 radical (unpaired) electrons. The molecule has 186 valence electrons. The molecule has 0 aliphatic carbocycles. The van der Waals surface area contributed by atoms with Gasteiger partial charge in [0.25, 0.3) is 0 Å². The smallest absolute Gasteiger partial charge is 0.241 e. The Morgan fingerprint density at radius 1 is 1.14 bits per heavy atom. The van der Waals surface area contributed by atoms with E-state index in [4.69, 9.17) is 4.74 Å². The van der Waals surface area contributed by atoms with Crippen LogP contribution in [0.4, 0.5) is 4.39 Å². The van der Waals surface area contributed by atoms with Crippen molar-refractivity contribution in [1.82, 2.24) is 14.8 Å². The first-order valence-corrected chi connectivity index (χ1v) is 11.7. The molecule has 3 aromatic rings. The van der Waals surface area contributed by atoms with Crippen molar-refractivity contribution in [3.8, 4) is 5.75 Å². The van der Waals surface area contributed by atoms with E-state index < -0.39 is 23.0 Å². The van der Waals surface area contributed by atoms with Crippen molar-refractivity contribution in [2.45, 2.75) is 31.7 Å². The number of carbonyl (C=O) groups is 3. The van der Waals surface area contributed by atoms with Crippen LogP contribution in [0.15, 0.2) is 73.1 Å². The highest BCUT2D eigenvalue weighted by Gasteiger charge is 2.54. The van der Waals surface area contributed by atoms with Gasteiger partial charge in [-0.25, -0.2) is 4.39 Å². The number of benzene rings is 2. The number of aryl methyl sites for hydroxylation is 1. The zero-order valence-electron chi connectivity index (χ0n) is 20.3. The maximum atomic E-state index is 14.2. The highest BCUT2D eigenvalue weighted by atomic mass is 19.1. The van der Waals surface area contributed by atoms with Crippen LogP contribution in [-0.2, 0) is 26.3 Å². The van der Waals surface area contributed by atoms with Gasteiger partial charge in [0.05, 0.1) is 18.5 Å². The fourth-order valence-corrected chi connectivity index (χ4v) is 4.34. The van der Waals surface area contributed by atoms with E-state index in [1.54, 1.807) is 37.6 Å². The number of hydrogen-bond acceptors (Lipinski definition) is 5. The molecule has 7 nitrogen and oxygen atoms in total. The minimum absolute atomic E-state index is 0.0387. The number of imide groups is 1. The van der Waals surface area contributed by atoms with Crippen LogP contribution in [0.2, 0.25) is 0 Å². The number of ether oxygens (including phenoxy) is 1. The Bertz CT molecular complexity index is 1250. The molecule has 1 aromatic heterocycles. The quantitative estimate of drug-likeness (QED) is 0.429. The van der Waals surface area contributed by atoms with E-state index in [0.29, 0.717) is 16.9 Å². The van der Waals surface area contributed by atoms with Gasteiger partial charge in [-0.15, -0.1) is 0 Å². The number of hydrogen-bond donors (Lipinski definition) is 0. The average molecular weight is 490 g/mol. The molecular weight excluding hydrogens is 461 g/mol. The molecule has 1 aliphatic heterocycles. The highest BCUT2D eigenvalue weighted by Crippen LogP contribution is 2.41. The lowest BCUT2D eigenvalue weighted by molar-refractivity contribution is -0.143. The van der Waals surface area contributed by atoms with E-state index >= 15 is 0 Å². The zero-order valence-corrected chi connectivity index (χ0v) is 20.3. The Morgan fingerprint density at radius 3 is 2.61 bits per heavy atom. The number of likely N-dealkylation sites (N-methyl/N-ethyl adjacent to an activating group) is 1. The summed E-state index contributed by atoms with van der Waals surface area (Å²) in [7, 11) is 1.62. The summed E-state index contributed by atoms with van der Waals surface area (Å²) in [6.45, 7) is 2.57. The van der Waals surface area contributed by atoms with Gasteiger partial charge >= 0.3 is 0 Å². The summed E-state index contributed by atoms with van der Waals surface area (Å²) in [5, 5.41) is 0. The number of amides is 3. The van der Waals surface area contributed by atoms with Crippen molar-refractivity contribution in [1.29, 1.82) is 0 Å². The average Bonchev–Trinajstić information content (AvgIpc) is 3.10. The second kappa shape index (κ2) is 10.7. The number of rotatable bonds is 9. The number of halogens is 1. The molecule has 1 aliphatic rings. The molecule has 1 saturated heterocycles. The first-order chi connectivity index (χ1) is 17.3. The lowest BCUT2D eigenvalue weighted by Gasteiger charge is -2.29. The molecule has 4 rings (SSSR count). The molecule has 0 saturated carbocycles. The summed E-state index contributed by atoms with van der Waals surface area (Å²) in [6.07, 6.45) is 2.71. The Kier molecular flexibility index (Phi) is 7.43. The predicted octanol–water partition coefficient (Wildman–Crippen LogP) is 3.65. The van der Waals surface area contributed by atoms with Crippen LogP contribution in [0.25, 0.3) is 0 Å². The fourth-order valence-electron chi connectivity index (χ4n) is 4.34. The van der Waals surface area contributed by atoms with Gasteiger partial charge in [0.1, 0.15) is 18.2 Å². The molecule has 36 heavy (non-hydrogen) atoms. The highest BCUT2D eigenvalue weighted by molar-refractivity contribution is 6.10. The van der Waals surface area contributed by atoms with Crippen LogP contribution in [0.3, 0.4) is 0 Å². The van der Waals surface area contributed by atoms with E-state index in [-0.39, 0.29) is 38.4 Å². The summed E-state index contributed by atoms with van der Waals surface area (Å²) < 4.78 is 19.9. The van der Waals surface area contributed by atoms with Crippen molar-refractivity contribution in [2.24, 2.45) is 0 Å². The van der Waals surface area contributed by atoms with Gasteiger partial charge in [-0.2, -0.15) is 0 Å². The molecule has 1 fully saturated rings. The normalized spacial score (nSPS) is 17.4. The predicted molar refractivity (Wildman–Crippen MR) is 131 cm³/mol. The summed E-state index contributed by atoms with van der Waals surface area (Å²) in [4.78, 5) is 46.6. The Balaban J connectivity index is 1.52. The minimum atomic E-state index is -1.48. The first kappa shape index (κ1) is 25.0. The maximum Gasteiger partial charge on any atom is 0.241 e. The summed E-state index contributed by atoms with van der Waals surface area (Å²) in [5.41, 5.74) is 0.633. The van der Waals surface area contributed by atoms with Gasteiger partial charge in [0, 0.05) is 32.3 Å². The minimum Gasteiger partial charge on any atom is -0.492 e. The lowest BCUT2D eigenvalue weighted by atomic mass is 9.75. The van der Waals surface area contributed by atoms with Gasteiger partial charge in [-0.05, 0) is 48.4 Å². The molecular formula is C28H28FN3O4. The van der Waals surface area contributed by atoms with Crippen LogP contribution < -0.4 is 4.74 Å². The molecule has 0 spiro atoms. The second-order valence-corrected chi connectivity index (χ2v) is 9.07. The van der Waals surface area contributed by atoms with Crippen molar-refractivity contribution in [3.63, 3.8) is 0 Å². The second-order valence-electron chi connectivity index (χ2n) is 9.07. The number of likely N-dealkylation sites (tertiary alicyclic amines) is 1. The van der Waals surface area contributed by atoms with Crippen LogP contribution in [0.5, 0.6) is 5.75 Å². The zero-order chi connectivity index (χ0) is 25.7. The topological polar surface area (TPSA) is 79.8 Å². The molecule has 8 heteroatoms. The molecule has 1 atom stereocenters. The number of carbonyl (C=O) groups excluding carboxylic acids is 3. The van der Waals surface area contributed by atoms with E-state index in [1.165, 1.54) is 23.1 Å². The lowest BCUT2D eigenvalue weighted by Crippen LogP contribution is -2.43. The Morgan fingerprint density at radius 2 is 1.92 bits per heavy atom. The maximum absolute atomic E-state index is 14.2.